The van der Waals surface area contributed by atoms with Gasteiger partial charge in [0.1, 0.15) is 15.8 Å². The molecule has 0 unspecified atom stereocenters. The Balaban J connectivity index is 1.62. The molecule has 0 radical (unpaired) electrons. The minimum Gasteiger partial charge on any atom is -0.508 e. The van der Waals surface area contributed by atoms with E-state index < -0.39 is 0 Å². The van der Waals surface area contributed by atoms with Gasteiger partial charge in [-0.25, -0.2) is 0 Å². The normalized spacial score (nSPS) is 15.3. The number of amides is 2. The van der Waals surface area contributed by atoms with Crippen molar-refractivity contribution < 1.29 is 19.8 Å². The molecule has 8 heteroatoms. The van der Waals surface area contributed by atoms with E-state index in [0.29, 0.717) is 20.5 Å². The molecule has 0 saturated carbocycles. The minimum atomic E-state index is -0.314. The number of hydrogen-bond acceptors (Lipinski definition) is 6. The fraction of sp³-hybridized carbons (Fsp3) is 0.150. The molecule has 144 valence electrons. The molecule has 1 aliphatic heterocycles. The number of thioether (sulfide) groups is 1. The summed E-state index contributed by atoms with van der Waals surface area (Å²) in [4.78, 5) is 26.5. The van der Waals surface area contributed by atoms with E-state index >= 15 is 0 Å². The van der Waals surface area contributed by atoms with Crippen molar-refractivity contribution in [2.45, 2.75) is 13.3 Å². The summed E-state index contributed by atoms with van der Waals surface area (Å²) < 4.78 is 0.359. The van der Waals surface area contributed by atoms with Gasteiger partial charge in [0, 0.05) is 30.3 Å². The maximum absolute atomic E-state index is 12.6. The van der Waals surface area contributed by atoms with Crippen molar-refractivity contribution in [2.75, 3.05) is 11.9 Å². The molecule has 2 aromatic carbocycles. The van der Waals surface area contributed by atoms with E-state index in [9.17, 15) is 19.8 Å². The molecule has 1 aliphatic rings. The zero-order valence-electron chi connectivity index (χ0n) is 15.0. The second-order valence-corrected chi connectivity index (χ2v) is 7.92. The van der Waals surface area contributed by atoms with E-state index in [4.69, 9.17) is 12.2 Å². The van der Waals surface area contributed by atoms with E-state index in [-0.39, 0.29) is 36.3 Å². The van der Waals surface area contributed by atoms with Gasteiger partial charge in [0.15, 0.2) is 0 Å². The molecule has 2 amide bonds. The molecule has 6 nitrogen and oxygen atoms in total. The third-order valence-corrected chi connectivity index (χ3v) is 5.45. The Bertz CT molecular complexity index is 971. The topological polar surface area (TPSA) is 89.9 Å². The fourth-order valence-electron chi connectivity index (χ4n) is 2.56. The average molecular weight is 415 g/mol. The number of nitrogens with one attached hydrogen (secondary N) is 1. The highest BCUT2D eigenvalue weighted by Crippen LogP contribution is 2.34. The molecule has 2 aromatic rings. The molecular weight excluding hydrogens is 396 g/mol. The zero-order valence-corrected chi connectivity index (χ0v) is 16.6. The highest BCUT2D eigenvalue weighted by atomic mass is 32.2. The van der Waals surface area contributed by atoms with Crippen LogP contribution in [0, 0.1) is 6.92 Å². The largest absolute Gasteiger partial charge is 0.508 e. The van der Waals surface area contributed by atoms with E-state index in [0.717, 1.165) is 17.3 Å². The molecule has 0 spiro atoms. The van der Waals surface area contributed by atoms with Crippen molar-refractivity contribution >= 4 is 51.9 Å². The first-order valence-corrected chi connectivity index (χ1v) is 9.70. The third kappa shape index (κ3) is 4.71. The number of anilines is 1. The number of aromatic hydroxyl groups is 2. The van der Waals surface area contributed by atoms with E-state index in [1.807, 2.05) is 31.2 Å². The third-order valence-electron chi connectivity index (χ3n) is 4.07. The first-order chi connectivity index (χ1) is 13.3. The van der Waals surface area contributed by atoms with Gasteiger partial charge in [-0.1, -0.05) is 41.7 Å². The smallest absolute Gasteiger partial charge is 0.266 e. The predicted molar refractivity (Wildman–Crippen MR) is 114 cm³/mol. The van der Waals surface area contributed by atoms with Crippen molar-refractivity contribution in [3.05, 3.63) is 58.5 Å². The number of phenolic OH excluding ortho intramolecular Hbond substituents is 2. The Morgan fingerprint density at radius 3 is 2.61 bits per heavy atom. The van der Waals surface area contributed by atoms with Crippen LogP contribution in [0.5, 0.6) is 11.5 Å². The SMILES string of the molecule is Cc1ccc(NC(=O)CCN2C(=O)/C(=C/c3ccc(O)cc3O)SC2=S)cc1. The van der Waals surface area contributed by atoms with Gasteiger partial charge in [0.25, 0.3) is 5.91 Å². The molecule has 0 atom stereocenters. The number of hydrogen-bond donors (Lipinski definition) is 3. The molecule has 1 fully saturated rings. The minimum absolute atomic E-state index is 0.0678. The second kappa shape index (κ2) is 8.45. The van der Waals surface area contributed by atoms with Crippen molar-refractivity contribution in [1.82, 2.24) is 4.90 Å². The van der Waals surface area contributed by atoms with Crippen LogP contribution in [-0.4, -0.2) is 37.8 Å². The van der Waals surface area contributed by atoms with Crippen molar-refractivity contribution in [2.24, 2.45) is 0 Å². The van der Waals surface area contributed by atoms with Gasteiger partial charge in [-0.05, 0) is 37.3 Å². The Kier molecular flexibility index (Phi) is 6.01. The maximum Gasteiger partial charge on any atom is 0.266 e. The van der Waals surface area contributed by atoms with Crippen molar-refractivity contribution in [1.29, 1.82) is 0 Å². The van der Waals surface area contributed by atoms with Gasteiger partial charge in [-0.15, -0.1) is 0 Å². The van der Waals surface area contributed by atoms with Crippen LogP contribution in [-0.2, 0) is 9.59 Å². The Morgan fingerprint density at radius 2 is 1.93 bits per heavy atom. The van der Waals surface area contributed by atoms with Gasteiger partial charge in [-0.2, -0.15) is 0 Å². The number of aryl methyl sites for hydroxylation is 1. The van der Waals surface area contributed by atoms with Crippen LogP contribution in [0.25, 0.3) is 6.08 Å². The number of carbonyl (C=O) groups is 2. The molecule has 1 heterocycles. The van der Waals surface area contributed by atoms with Crippen LogP contribution in [0.15, 0.2) is 47.4 Å². The summed E-state index contributed by atoms with van der Waals surface area (Å²) in [6, 6.07) is 11.6. The zero-order chi connectivity index (χ0) is 20.3. The summed E-state index contributed by atoms with van der Waals surface area (Å²) in [6.45, 7) is 2.13. The lowest BCUT2D eigenvalue weighted by Gasteiger charge is -2.14. The summed E-state index contributed by atoms with van der Waals surface area (Å²) in [5.74, 6) is -0.729. The van der Waals surface area contributed by atoms with Crippen LogP contribution < -0.4 is 5.32 Å². The van der Waals surface area contributed by atoms with Crippen molar-refractivity contribution in [3.8, 4) is 11.5 Å². The molecule has 3 N–H and O–H groups in total. The lowest BCUT2D eigenvalue weighted by atomic mass is 10.1. The molecular formula is C20H18N2O4S2. The van der Waals surface area contributed by atoms with Crippen LogP contribution in [0.1, 0.15) is 17.5 Å². The van der Waals surface area contributed by atoms with Crippen LogP contribution in [0.4, 0.5) is 5.69 Å². The number of nitrogens with zero attached hydrogens (tertiary/aromatic N) is 1. The Morgan fingerprint density at radius 1 is 1.21 bits per heavy atom. The summed E-state index contributed by atoms with van der Waals surface area (Å²) in [7, 11) is 0. The Hall–Kier alpha value is -2.84. The number of thiocarbonyl (C=S) groups is 1. The molecule has 1 saturated heterocycles. The second-order valence-electron chi connectivity index (χ2n) is 6.24. The quantitative estimate of drug-likeness (QED) is 0.511. The fourth-order valence-corrected chi connectivity index (χ4v) is 3.86. The standard InChI is InChI=1S/C20H18N2O4S2/c1-12-2-5-14(6-3-12)21-18(25)8-9-22-19(26)17(28-20(22)27)10-13-4-7-15(23)11-16(13)24/h2-7,10-11,23-24H,8-9H2,1H3,(H,21,25)/b17-10-. The van der Waals surface area contributed by atoms with E-state index in [2.05, 4.69) is 5.32 Å². The molecule has 3 rings (SSSR count). The van der Waals surface area contributed by atoms with Gasteiger partial charge in [0.05, 0.1) is 4.91 Å². The Labute approximate surface area is 171 Å². The summed E-state index contributed by atoms with van der Waals surface area (Å²) >= 11 is 6.36. The first-order valence-electron chi connectivity index (χ1n) is 8.47. The highest BCUT2D eigenvalue weighted by Gasteiger charge is 2.32. The molecule has 28 heavy (non-hydrogen) atoms. The van der Waals surface area contributed by atoms with Gasteiger partial charge in [-0.3, -0.25) is 14.5 Å². The van der Waals surface area contributed by atoms with Crippen LogP contribution >= 0.6 is 24.0 Å². The lowest BCUT2D eigenvalue weighted by Crippen LogP contribution is -2.31. The number of carbonyl (C=O) groups excluding carboxylic acids is 2. The van der Waals surface area contributed by atoms with Crippen LogP contribution in [0.2, 0.25) is 0 Å². The summed E-state index contributed by atoms with van der Waals surface area (Å²) in [5, 5.41) is 22.0. The molecule has 0 aliphatic carbocycles. The highest BCUT2D eigenvalue weighted by molar-refractivity contribution is 8.26. The van der Waals surface area contributed by atoms with E-state index in [1.165, 1.54) is 29.2 Å². The number of phenols is 2. The number of benzene rings is 2. The van der Waals surface area contributed by atoms with E-state index in [1.54, 1.807) is 0 Å². The first kappa shape index (κ1) is 19.9. The van der Waals surface area contributed by atoms with Crippen LogP contribution in [0.3, 0.4) is 0 Å². The van der Waals surface area contributed by atoms with Gasteiger partial charge in [0.2, 0.25) is 5.91 Å². The predicted octanol–water partition coefficient (Wildman–Crippen LogP) is 3.64. The maximum atomic E-state index is 12.6. The number of rotatable bonds is 5. The average Bonchev–Trinajstić information content (AvgIpc) is 2.91. The van der Waals surface area contributed by atoms with Gasteiger partial charge < -0.3 is 15.5 Å². The van der Waals surface area contributed by atoms with Gasteiger partial charge >= 0.3 is 0 Å². The van der Waals surface area contributed by atoms with Crippen molar-refractivity contribution in [3.63, 3.8) is 0 Å². The monoisotopic (exact) mass is 414 g/mol. The molecule has 0 aromatic heterocycles. The molecule has 0 bridgehead atoms. The summed E-state index contributed by atoms with van der Waals surface area (Å²) in [5.41, 5.74) is 2.20. The lowest BCUT2D eigenvalue weighted by molar-refractivity contribution is -0.122. The summed E-state index contributed by atoms with van der Waals surface area (Å²) in [6.07, 6.45) is 1.62.